The largest absolute Gasteiger partial charge is 2.00 e. The van der Waals surface area contributed by atoms with Crippen molar-refractivity contribution in [2.24, 2.45) is 0 Å². The Morgan fingerprint density at radius 1 is 1.05 bits per heavy atom. The van der Waals surface area contributed by atoms with Gasteiger partial charge in [-0.2, -0.15) is 24.1 Å². The summed E-state index contributed by atoms with van der Waals surface area (Å²) in [5.74, 6) is 6.12. The van der Waals surface area contributed by atoms with E-state index < -0.39 is 0 Å². The number of allylic oxidation sites excluding steroid dienone is 2. The molecule has 20 heavy (non-hydrogen) atoms. The van der Waals surface area contributed by atoms with E-state index in [0.717, 1.165) is 16.8 Å². The summed E-state index contributed by atoms with van der Waals surface area (Å²) in [7, 11) is 0. The Morgan fingerprint density at radius 3 is 2.50 bits per heavy atom. The van der Waals surface area contributed by atoms with Crippen LogP contribution in [-0.4, -0.2) is 0 Å². The van der Waals surface area contributed by atoms with E-state index in [4.69, 9.17) is 5.73 Å². The Kier molecular flexibility index (Phi) is 7.29. The predicted molar refractivity (Wildman–Crippen MR) is 80.9 cm³/mol. The third kappa shape index (κ3) is 5.80. The second kappa shape index (κ2) is 9.04. The minimum Gasteiger partial charge on any atom is -0.399 e. The topological polar surface area (TPSA) is 26.0 Å². The van der Waals surface area contributed by atoms with Gasteiger partial charge in [-0.3, -0.25) is 0 Å². The summed E-state index contributed by atoms with van der Waals surface area (Å²) in [4.78, 5) is 0. The molecule has 2 aromatic carbocycles. The Bertz CT molecular complexity index is 579. The Balaban J connectivity index is 0.000000283. The fourth-order valence-corrected chi connectivity index (χ4v) is 1.54. The summed E-state index contributed by atoms with van der Waals surface area (Å²) in [6, 6.07) is 15.5. The minimum absolute atomic E-state index is 0. The third-order valence-corrected chi connectivity index (χ3v) is 2.46. The van der Waals surface area contributed by atoms with Crippen LogP contribution >= 0.6 is 0 Å². The van der Waals surface area contributed by atoms with Crippen LogP contribution in [0, 0.1) is 31.1 Å². The molecular formula is C18H15FeN. The monoisotopic (exact) mass is 301 g/mol. The standard InChI is InChI=1S/C13H10N.C5H5.Fe/c14-13-7-3-6-12(10-13)9-8-11-4-1-2-5-11;1-2-4-5-3-1;/h1-7,10H,14H2;1-5H;/q2*-1;+2. The minimum atomic E-state index is 0. The number of rotatable bonds is 0. The second-order valence-corrected chi connectivity index (χ2v) is 4.01. The summed E-state index contributed by atoms with van der Waals surface area (Å²) in [6.45, 7) is 0. The molecule has 2 heteroatoms. The average molecular weight is 301 g/mol. The van der Waals surface area contributed by atoms with Gasteiger partial charge in [0, 0.05) is 11.3 Å². The number of hydrogen-bond donors (Lipinski definition) is 1. The van der Waals surface area contributed by atoms with Gasteiger partial charge >= 0.3 is 17.1 Å². The van der Waals surface area contributed by atoms with Crippen molar-refractivity contribution >= 4 is 5.69 Å². The van der Waals surface area contributed by atoms with Crippen molar-refractivity contribution in [2.45, 2.75) is 0 Å². The number of anilines is 1. The van der Waals surface area contributed by atoms with Crippen molar-refractivity contribution in [2.75, 3.05) is 5.73 Å². The quantitative estimate of drug-likeness (QED) is 0.342. The number of hydrogen-bond acceptors (Lipinski definition) is 1. The molecule has 2 aromatic rings. The first-order chi connectivity index (χ1) is 9.34. The maximum Gasteiger partial charge on any atom is 2.00 e. The van der Waals surface area contributed by atoms with Crippen LogP contribution in [-0.2, 0) is 17.1 Å². The van der Waals surface area contributed by atoms with Crippen LogP contribution in [0.25, 0.3) is 0 Å². The van der Waals surface area contributed by atoms with Crippen LogP contribution in [0.3, 0.4) is 0 Å². The van der Waals surface area contributed by atoms with Gasteiger partial charge < -0.3 is 5.73 Å². The SMILES string of the molecule is Nc1cccc(C#Cc2ccc[cH-]2)c1.[CH]1[CH][CH-]C=C1.[Fe+2]. The van der Waals surface area contributed by atoms with E-state index in [-0.39, 0.29) is 17.1 Å². The van der Waals surface area contributed by atoms with Gasteiger partial charge in [0.25, 0.3) is 0 Å². The van der Waals surface area contributed by atoms with Gasteiger partial charge in [-0.05, 0) is 18.2 Å². The van der Waals surface area contributed by atoms with Gasteiger partial charge in [0.1, 0.15) is 0 Å². The van der Waals surface area contributed by atoms with Crippen LogP contribution in [0.5, 0.6) is 0 Å². The predicted octanol–water partition coefficient (Wildman–Crippen LogP) is 3.55. The zero-order valence-corrected chi connectivity index (χ0v) is 12.0. The average Bonchev–Trinajstić information content (AvgIpc) is 3.12. The molecule has 0 aromatic heterocycles. The summed E-state index contributed by atoms with van der Waals surface area (Å²) in [5.41, 5.74) is 8.37. The van der Waals surface area contributed by atoms with Gasteiger partial charge in [-0.1, -0.05) is 6.07 Å². The van der Waals surface area contributed by atoms with Gasteiger partial charge in [0.05, 0.1) is 0 Å². The first-order valence-corrected chi connectivity index (χ1v) is 6.10. The molecule has 0 atom stereocenters. The first kappa shape index (κ1) is 16.1. The molecule has 0 bridgehead atoms. The number of nitrogens with two attached hydrogens (primary N) is 1. The maximum atomic E-state index is 5.64. The zero-order chi connectivity index (χ0) is 13.3. The van der Waals surface area contributed by atoms with E-state index in [9.17, 15) is 0 Å². The van der Waals surface area contributed by atoms with Crippen molar-refractivity contribution in [3.05, 3.63) is 91.1 Å². The Morgan fingerprint density at radius 2 is 1.95 bits per heavy atom. The van der Waals surface area contributed by atoms with Crippen LogP contribution in [0.4, 0.5) is 5.69 Å². The van der Waals surface area contributed by atoms with E-state index in [2.05, 4.69) is 11.8 Å². The van der Waals surface area contributed by atoms with Gasteiger partial charge in [-0.25, -0.2) is 18.6 Å². The summed E-state index contributed by atoms with van der Waals surface area (Å²) >= 11 is 0. The summed E-state index contributed by atoms with van der Waals surface area (Å²) < 4.78 is 0. The van der Waals surface area contributed by atoms with Gasteiger partial charge in [0.15, 0.2) is 0 Å². The molecular weight excluding hydrogens is 286 g/mol. The molecule has 0 heterocycles. The van der Waals surface area contributed by atoms with Gasteiger partial charge in [0.2, 0.25) is 0 Å². The molecule has 0 amide bonds. The molecule has 0 spiro atoms. The van der Waals surface area contributed by atoms with Gasteiger partial charge in [-0.15, -0.1) is 30.4 Å². The van der Waals surface area contributed by atoms with E-state index in [0.29, 0.717) is 0 Å². The van der Waals surface area contributed by atoms with Crippen LogP contribution in [0.2, 0.25) is 0 Å². The number of nitrogen functional groups attached to an aromatic ring is 1. The Labute approximate surface area is 131 Å². The first-order valence-electron chi connectivity index (χ1n) is 6.10. The van der Waals surface area contributed by atoms with Crippen molar-refractivity contribution in [3.63, 3.8) is 0 Å². The van der Waals surface area contributed by atoms with Crippen LogP contribution in [0.15, 0.2) is 60.7 Å². The summed E-state index contributed by atoms with van der Waals surface area (Å²) in [6.07, 6.45) is 10.0. The molecule has 0 saturated heterocycles. The molecule has 0 saturated carbocycles. The molecule has 2 radical (unpaired) electrons. The molecule has 3 rings (SSSR count). The normalized spacial score (nSPS) is 11.2. The molecule has 1 aliphatic carbocycles. The smallest absolute Gasteiger partial charge is 0.399 e. The number of benzene rings is 1. The maximum absolute atomic E-state index is 5.64. The molecule has 1 aliphatic rings. The molecule has 0 aliphatic heterocycles. The van der Waals surface area contributed by atoms with E-state index in [1.807, 2.05) is 79.9 Å². The van der Waals surface area contributed by atoms with Crippen molar-refractivity contribution in [1.29, 1.82) is 0 Å². The van der Waals surface area contributed by atoms with Crippen LogP contribution in [0.1, 0.15) is 11.1 Å². The fourth-order valence-electron chi connectivity index (χ4n) is 1.54. The van der Waals surface area contributed by atoms with E-state index in [1.54, 1.807) is 0 Å². The molecule has 0 unspecified atom stereocenters. The summed E-state index contributed by atoms with van der Waals surface area (Å²) in [5, 5.41) is 0. The van der Waals surface area contributed by atoms with Crippen molar-refractivity contribution in [3.8, 4) is 11.8 Å². The third-order valence-electron chi connectivity index (χ3n) is 2.46. The molecule has 100 valence electrons. The molecule has 0 fully saturated rings. The van der Waals surface area contributed by atoms with E-state index in [1.165, 1.54) is 0 Å². The molecule has 1 nitrogen and oxygen atoms in total. The zero-order valence-electron chi connectivity index (χ0n) is 10.9. The second-order valence-electron chi connectivity index (χ2n) is 4.01. The van der Waals surface area contributed by atoms with E-state index >= 15 is 0 Å². The fraction of sp³-hybridized carbons (Fsp3) is 0. The van der Waals surface area contributed by atoms with Crippen molar-refractivity contribution < 1.29 is 17.1 Å². The molecule has 2 N–H and O–H groups in total. The Hall–Kier alpha value is -1.94. The van der Waals surface area contributed by atoms with Crippen molar-refractivity contribution in [1.82, 2.24) is 0 Å². The van der Waals surface area contributed by atoms with Crippen LogP contribution < -0.4 is 5.73 Å².